The number of aromatic nitrogens is 4. The molecular weight excluding hydrogens is 352 g/mol. The molecule has 3 aromatic heterocycles. The van der Waals surface area contributed by atoms with Gasteiger partial charge in [-0.1, -0.05) is 6.07 Å². The molecule has 26 heavy (non-hydrogen) atoms. The highest BCUT2D eigenvalue weighted by Crippen LogP contribution is 2.18. The molecule has 0 aliphatic carbocycles. The summed E-state index contributed by atoms with van der Waals surface area (Å²) in [5.41, 5.74) is 1.30. The molecule has 4 rings (SSSR count). The van der Waals surface area contributed by atoms with Crippen molar-refractivity contribution >= 4 is 23.2 Å². The van der Waals surface area contributed by atoms with E-state index in [9.17, 15) is 9.59 Å². The van der Waals surface area contributed by atoms with Gasteiger partial charge in [-0.3, -0.25) is 14.3 Å². The third kappa shape index (κ3) is 3.25. The zero-order chi connectivity index (χ0) is 18.1. The number of nitrogens with zero attached hydrogens (tertiary/aromatic N) is 5. The second-order valence-electron chi connectivity index (χ2n) is 6.13. The quantitative estimate of drug-likeness (QED) is 0.749. The lowest BCUT2D eigenvalue weighted by molar-refractivity contribution is 0.0712. The van der Waals surface area contributed by atoms with Gasteiger partial charge in [0.25, 0.3) is 11.8 Å². The standard InChI is InChI=1S/C17H18N6O2S/c1-21-9-12(7-19-21)16(24)18-8-13-10-22-4-5-23(11-15(22)20-13)17(25)14-3-2-6-26-14/h2-3,6-7,9-10H,4-5,8,11H2,1H3,(H,18,24). The summed E-state index contributed by atoms with van der Waals surface area (Å²) in [5, 5.41) is 8.74. The fourth-order valence-corrected chi connectivity index (χ4v) is 3.63. The van der Waals surface area contributed by atoms with Crippen molar-refractivity contribution in [3.05, 3.63) is 58.1 Å². The summed E-state index contributed by atoms with van der Waals surface area (Å²) >= 11 is 1.45. The predicted octanol–water partition coefficient (Wildman–Crippen LogP) is 1.26. The Morgan fingerprint density at radius 2 is 2.19 bits per heavy atom. The molecule has 9 heteroatoms. The number of fused-ring (bicyclic) bond motifs is 1. The molecule has 0 saturated carbocycles. The second kappa shape index (κ2) is 6.75. The van der Waals surface area contributed by atoms with Crippen LogP contribution in [-0.4, -0.2) is 42.6 Å². The highest BCUT2D eigenvalue weighted by atomic mass is 32.1. The minimum atomic E-state index is -0.182. The van der Waals surface area contributed by atoms with Crippen molar-refractivity contribution in [3.8, 4) is 0 Å². The summed E-state index contributed by atoms with van der Waals surface area (Å²) in [6.07, 6.45) is 5.13. The maximum atomic E-state index is 12.5. The van der Waals surface area contributed by atoms with E-state index in [0.717, 1.165) is 16.4 Å². The van der Waals surface area contributed by atoms with E-state index in [1.54, 1.807) is 17.9 Å². The zero-order valence-electron chi connectivity index (χ0n) is 14.3. The lowest BCUT2D eigenvalue weighted by Crippen LogP contribution is -2.37. The first-order valence-corrected chi connectivity index (χ1v) is 9.12. The lowest BCUT2D eigenvalue weighted by Gasteiger charge is -2.27. The van der Waals surface area contributed by atoms with Gasteiger partial charge in [-0.05, 0) is 11.4 Å². The third-order valence-electron chi connectivity index (χ3n) is 4.27. The largest absolute Gasteiger partial charge is 0.346 e. The molecule has 1 aliphatic heterocycles. The number of carbonyl (C=O) groups excluding carboxylic acids is 2. The van der Waals surface area contributed by atoms with Crippen LogP contribution in [0.4, 0.5) is 0 Å². The maximum Gasteiger partial charge on any atom is 0.264 e. The van der Waals surface area contributed by atoms with E-state index in [2.05, 4.69) is 15.4 Å². The van der Waals surface area contributed by atoms with Crippen LogP contribution in [0.3, 0.4) is 0 Å². The molecule has 0 aromatic carbocycles. The van der Waals surface area contributed by atoms with Gasteiger partial charge in [0.2, 0.25) is 0 Å². The normalized spacial score (nSPS) is 13.5. The summed E-state index contributed by atoms with van der Waals surface area (Å²) in [7, 11) is 1.77. The van der Waals surface area contributed by atoms with Gasteiger partial charge in [-0.2, -0.15) is 5.10 Å². The third-order valence-corrected chi connectivity index (χ3v) is 5.13. The van der Waals surface area contributed by atoms with Gasteiger partial charge in [-0.15, -0.1) is 11.3 Å². The maximum absolute atomic E-state index is 12.5. The molecule has 0 saturated heterocycles. The molecule has 3 aromatic rings. The molecule has 0 unspecified atom stereocenters. The van der Waals surface area contributed by atoms with Crippen molar-refractivity contribution in [1.29, 1.82) is 0 Å². The molecule has 0 bridgehead atoms. The van der Waals surface area contributed by atoms with E-state index in [1.807, 2.05) is 33.2 Å². The van der Waals surface area contributed by atoms with Crippen molar-refractivity contribution in [3.63, 3.8) is 0 Å². The Bertz CT molecular complexity index is 943. The van der Waals surface area contributed by atoms with Crippen molar-refractivity contribution in [1.82, 2.24) is 29.5 Å². The number of hydrogen-bond acceptors (Lipinski definition) is 5. The molecule has 0 spiro atoms. The van der Waals surface area contributed by atoms with Crippen molar-refractivity contribution in [2.24, 2.45) is 7.05 Å². The summed E-state index contributed by atoms with van der Waals surface area (Å²) in [5.74, 6) is 0.700. The number of aryl methyl sites for hydroxylation is 1. The van der Waals surface area contributed by atoms with E-state index < -0.39 is 0 Å². The summed E-state index contributed by atoms with van der Waals surface area (Å²) in [6.45, 7) is 2.18. The van der Waals surface area contributed by atoms with Gasteiger partial charge < -0.3 is 14.8 Å². The number of amides is 2. The summed E-state index contributed by atoms with van der Waals surface area (Å²) < 4.78 is 3.63. The van der Waals surface area contributed by atoms with Gasteiger partial charge in [-0.25, -0.2) is 4.98 Å². The van der Waals surface area contributed by atoms with Crippen LogP contribution in [0.15, 0.2) is 36.1 Å². The van der Waals surface area contributed by atoms with Crippen LogP contribution in [0.25, 0.3) is 0 Å². The average molecular weight is 370 g/mol. The van der Waals surface area contributed by atoms with E-state index in [0.29, 0.717) is 31.7 Å². The molecule has 0 fully saturated rings. The Balaban J connectivity index is 1.40. The van der Waals surface area contributed by atoms with Crippen molar-refractivity contribution in [2.45, 2.75) is 19.6 Å². The van der Waals surface area contributed by atoms with E-state index >= 15 is 0 Å². The number of carbonyl (C=O) groups is 2. The minimum Gasteiger partial charge on any atom is -0.346 e. The molecule has 0 atom stereocenters. The van der Waals surface area contributed by atoms with Gasteiger partial charge in [0, 0.05) is 32.5 Å². The Kier molecular flexibility index (Phi) is 4.29. The first-order chi connectivity index (χ1) is 12.6. The number of thiophene rings is 1. The van der Waals surface area contributed by atoms with Crippen LogP contribution >= 0.6 is 11.3 Å². The minimum absolute atomic E-state index is 0.0423. The van der Waals surface area contributed by atoms with Crippen molar-refractivity contribution in [2.75, 3.05) is 6.54 Å². The summed E-state index contributed by atoms with van der Waals surface area (Å²) in [6, 6.07) is 3.72. The topological polar surface area (TPSA) is 85.0 Å². The number of imidazole rings is 1. The molecular formula is C17H18N6O2S. The van der Waals surface area contributed by atoms with E-state index in [1.165, 1.54) is 17.5 Å². The van der Waals surface area contributed by atoms with Crippen LogP contribution in [0, 0.1) is 0 Å². The number of hydrogen-bond donors (Lipinski definition) is 1. The Hall–Kier alpha value is -2.94. The Labute approximate surface area is 154 Å². The molecule has 1 N–H and O–H groups in total. The molecule has 2 amide bonds. The Morgan fingerprint density at radius 1 is 1.31 bits per heavy atom. The summed E-state index contributed by atoms with van der Waals surface area (Å²) in [4.78, 5) is 31.7. The molecule has 4 heterocycles. The van der Waals surface area contributed by atoms with Gasteiger partial charge >= 0.3 is 0 Å². The van der Waals surface area contributed by atoms with Crippen LogP contribution in [0.2, 0.25) is 0 Å². The monoisotopic (exact) mass is 370 g/mol. The van der Waals surface area contributed by atoms with Crippen LogP contribution in [0.1, 0.15) is 31.5 Å². The fraction of sp³-hybridized carbons (Fsp3) is 0.294. The second-order valence-corrected chi connectivity index (χ2v) is 7.08. The predicted molar refractivity (Wildman–Crippen MR) is 95.7 cm³/mol. The Morgan fingerprint density at radius 3 is 2.92 bits per heavy atom. The van der Waals surface area contributed by atoms with E-state index in [4.69, 9.17) is 0 Å². The molecule has 134 valence electrons. The number of rotatable bonds is 4. The van der Waals surface area contributed by atoms with Crippen LogP contribution < -0.4 is 5.32 Å². The van der Waals surface area contributed by atoms with Crippen LogP contribution in [0.5, 0.6) is 0 Å². The first-order valence-electron chi connectivity index (χ1n) is 8.25. The number of nitrogens with one attached hydrogen (secondary N) is 1. The fourth-order valence-electron chi connectivity index (χ4n) is 2.94. The highest BCUT2D eigenvalue weighted by Gasteiger charge is 2.24. The van der Waals surface area contributed by atoms with Gasteiger partial charge in [0.1, 0.15) is 5.82 Å². The van der Waals surface area contributed by atoms with Gasteiger partial charge in [0.05, 0.1) is 35.4 Å². The average Bonchev–Trinajstić information content (AvgIpc) is 3.38. The SMILES string of the molecule is Cn1cc(C(=O)NCc2cn3c(n2)CN(C(=O)c2cccs2)CC3)cn1. The molecule has 1 aliphatic rings. The smallest absolute Gasteiger partial charge is 0.264 e. The van der Waals surface area contributed by atoms with Crippen molar-refractivity contribution < 1.29 is 9.59 Å². The lowest BCUT2D eigenvalue weighted by atomic mass is 10.3. The van der Waals surface area contributed by atoms with E-state index in [-0.39, 0.29) is 11.8 Å². The highest BCUT2D eigenvalue weighted by molar-refractivity contribution is 7.12. The zero-order valence-corrected chi connectivity index (χ0v) is 15.1. The molecule has 8 nitrogen and oxygen atoms in total. The van der Waals surface area contributed by atoms with Crippen LogP contribution in [-0.2, 0) is 26.7 Å². The van der Waals surface area contributed by atoms with Gasteiger partial charge in [0.15, 0.2) is 0 Å². The first kappa shape index (κ1) is 16.5. The molecule has 0 radical (unpaired) electrons.